The van der Waals surface area contributed by atoms with E-state index in [1.54, 1.807) is 24.6 Å². The highest BCUT2D eigenvalue weighted by Crippen LogP contribution is 2.23. The van der Waals surface area contributed by atoms with Crippen LogP contribution in [0.15, 0.2) is 36.5 Å². The fourth-order valence-electron chi connectivity index (χ4n) is 2.16. The summed E-state index contributed by atoms with van der Waals surface area (Å²) in [5.74, 6) is -0.485. The molecule has 0 spiro atoms. The summed E-state index contributed by atoms with van der Waals surface area (Å²) in [4.78, 5) is 11.8. The Balaban J connectivity index is 2.13. The molecule has 2 heterocycles. The zero-order valence-electron chi connectivity index (χ0n) is 11.8. The van der Waals surface area contributed by atoms with E-state index in [1.165, 1.54) is 0 Å². The van der Waals surface area contributed by atoms with Gasteiger partial charge in [-0.1, -0.05) is 30.3 Å². The molecule has 0 amide bonds. The van der Waals surface area contributed by atoms with Crippen LogP contribution in [-0.4, -0.2) is 32.4 Å². The summed E-state index contributed by atoms with van der Waals surface area (Å²) in [6, 6.07) is 9.81. The van der Waals surface area contributed by atoms with Gasteiger partial charge < -0.3 is 4.74 Å². The van der Waals surface area contributed by atoms with Crippen LogP contribution in [0, 0.1) is 6.92 Å². The topological polar surface area (TPSA) is 69.4 Å². The van der Waals surface area contributed by atoms with E-state index in [2.05, 4.69) is 15.3 Å². The second-order valence-electron chi connectivity index (χ2n) is 4.51. The second-order valence-corrected chi connectivity index (χ2v) is 4.51. The molecule has 6 nitrogen and oxygen atoms in total. The highest BCUT2D eigenvalue weighted by Gasteiger charge is 2.18. The van der Waals surface area contributed by atoms with Crippen LogP contribution >= 0.6 is 0 Å². The average Bonchev–Trinajstić information content (AvgIpc) is 2.93. The van der Waals surface area contributed by atoms with Crippen LogP contribution in [0.5, 0.6) is 0 Å². The summed E-state index contributed by atoms with van der Waals surface area (Å²) in [6.45, 7) is 3.82. The van der Waals surface area contributed by atoms with Crippen LogP contribution in [0.3, 0.4) is 0 Å². The van der Waals surface area contributed by atoms with E-state index in [0.29, 0.717) is 17.9 Å². The van der Waals surface area contributed by atoms with Gasteiger partial charge in [-0.25, -0.2) is 9.31 Å². The van der Waals surface area contributed by atoms with Crippen LogP contribution < -0.4 is 0 Å². The molecule has 0 radical (unpaired) electrons. The van der Waals surface area contributed by atoms with E-state index >= 15 is 0 Å². The van der Waals surface area contributed by atoms with E-state index < -0.39 is 5.97 Å². The normalized spacial score (nSPS) is 10.8. The van der Waals surface area contributed by atoms with Crippen molar-refractivity contribution < 1.29 is 9.53 Å². The molecule has 3 aromatic rings. The molecule has 0 bridgehead atoms. The van der Waals surface area contributed by atoms with Crippen LogP contribution in [0.2, 0.25) is 0 Å². The lowest BCUT2D eigenvalue weighted by Crippen LogP contribution is -2.14. The minimum atomic E-state index is -0.485. The standard InChI is InChI=1S/C15H14N4O2/c1-3-21-15(20)13-10(2)19-14(18-17-13)12(9-16-19)11-7-5-4-6-8-11/h4-9H,3H2,1-2H3. The number of carbonyl (C=O) groups is 1. The van der Waals surface area contributed by atoms with Gasteiger partial charge in [0.05, 0.1) is 18.5 Å². The van der Waals surface area contributed by atoms with Gasteiger partial charge in [0.25, 0.3) is 0 Å². The molecule has 6 heteroatoms. The van der Waals surface area contributed by atoms with E-state index in [-0.39, 0.29) is 5.69 Å². The number of esters is 1. The van der Waals surface area contributed by atoms with Crippen molar-refractivity contribution in [2.24, 2.45) is 0 Å². The first kappa shape index (κ1) is 13.2. The van der Waals surface area contributed by atoms with Crippen molar-refractivity contribution in [2.75, 3.05) is 6.61 Å². The fourth-order valence-corrected chi connectivity index (χ4v) is 2.16. The average molecular weight is 282 g/mol. The molecule has 0 atom stereocenters. The van der Waals surface area contributed by atoms with Gasteiger partial charge in [0, 0.05) is 5.56 Å². The Kier molecular flexibility index (Phi) is 3.35. The predicted molar refractivity (Wildman–Crippen MR) is 76.9 cm³/mol. The van der Waals surface area contributed by atoms with E-state index in [1.807, 2.05) is 30.3 Å². The van der Waals surface area contributed by atoms with Crippen molar-refractivity contribution in [2.45, 2.75) is 13.8 Å². The second kappa shape index (κ2) is 5.32. The fraction of sp³-hybridized carbons (Fsp3) is 0.200. The zero-order valence-corrected chi connectivity index (χ0v) is 11.8. The lowest BCUT2D eigenvalue weighted by molar-refractivity contribution is 0.0516. The van der Waals surface area contributed by atoms with E-state index in [0.717, 1.165) is 11.1 Å². The molecule has 0 N–H and O–H groups in total. The molecule has 21 heavy (non-hydrogen) atoms. The van der Waals surface area contributed by atoms with Gasteiger partial charge in [-0.2, -0.15) is 5.10 Å². The number of aryl methyl sites for hydroxylation is 1. The Morgan fingerprint density at radius 3 is 2.71 bits per heavy atom. The van der Waals surface area contributed by atoms with Crippen LogP contribution in [0.25, 0.3) is 16.8 Å². The van der Waals surface area contributed by atoms with Gasteiger partial charge in [0.15, 0.2) is 11.3 Å². The molecule has 0 aliphatic heterocycles. The molecule has 1 aromatic carbocycles. The summed E-state index contributed by atoms with van der Waals surface area (Å²) in [5.41, 5.74) is 3.30. The first-order chi connectivity index (χ1) is 10.2. The van der Waals surface area contributed by atoms with Gasteiger partial charge in [0.1, 0.15) is 0 Å². The predicted octanol–water partition coefficient (Wildman–Crippen LogP) is 2.28. The molecule has 0 aliphatic carbocycles. The highest BCUT2D eigenvalue weighted by molar-refractivity contribution is 5.89. The Morgan fingerprint density at radius 2 is 2.00 bits per heavy atom. The van der Waals surface area contributed by atoms with Crippen molar-refractivity contribution >= 4 is 11.6 Å². The van der Waals surface area contributed by atoms with Crippen molar-refractivity contribution in [3.8, 4) is 11.1 Å². The quantitative estimate of drug-likeness (QED) is 0.689. The molecule has 0 saturated heterocycles. The van der Waals surface area contributed by atoms with Gasteiger partial charge in [0.2, 0.25) is 0 Å². The maximum absolute atomic E-state index is 11.8. The smallest absolute Gasteiger partial charge is 0.360 e. The molecular formula is C15H14N4O2. The number of benzene rings is 1. The maximum Gasteiger partial charge on any atom is 0.360 e. The number of carbonyl (C=O) groups excluding carboxylic acids is 1. The lowest BCUT2D eigenvalue weighted by atomic mass is 10.1. The number of hydrogen-bond donors (Lipinski definition) is 0. The molecule has 2 aromatic heterocycles. The number of aromatic nitrogens is 4. The molecule has 0 saturated carbocycles. The minimum absolute atomic E-state index is 0.187. The third-order valence-electron chi connectivity index (χ3n) is 3.20. The summed E-state index contributed by atoms with van der Waals surface area (Å²) in [6.07, 6.45) is 1.72. The number of rotatable bonds is 3. The Bertz CT molecular complexity index is 796. The van der Waals surface area contributed by atoms with Gasteiger partial charge >= 0.3 is 5.97 Å². The monoisotopic (exact) mass is 282 g/mol. The largest absolute Gasteiger partial charge is 0.461 e. The van der Waals surface area contributed by atoms with Gasteiger partial charge in [-0.15, -0.1) is 10.2 Å². The van der Waals surface area contributed by atoms with Gasteiger partial charge in [-0.3, -0.25) is 0 Å². The van der Waals surface area contributed by atoms with Crippen LogP contribution in [-0.2, 0) is 4.74 Å². The molecular weight excluding hydrogens is 268 g/mol. The summed E-state index contributed by atoms with van der Waals surface area (Å²) in [7, 11) is 0. The van der Waals surface area contributed by atoms with Crippen molar-refractivity contribution in [3.05, 3.63) is 47.9 Å². The molecule has 106 valence electrons. The number of hydrogen-bond acceptors (Lipinski definition) is 5. The lowest BCUT2D eigenvalue weighted by Gasteiger charge is -2.05. The highest BCUT2D eigenvalue weighted by atomic mass is 16.5. The SMILES string of the molecule is CCOC(=O)c1nnc2c(-c3ccccc3)cnn2c1C. The zero-order chi connectivity index (χ0) is 14.8. The third kappa shape index (κ3) is 2.24. The van der Waals surface area contributed by atoms with Crippen molar-refractivity contribution in [3.63, 3.8) is 0 Å². The van der Waals surface area contributed by atoms with Crippen LogP contribution in [0.4, 0.5) is 0 Å². The number of ether oxygens (including phenoxy) is 1. The van der Waals surface area contributed by atoms with Crippen molar-refractivity contribution in [1.82, 2.24) is 19.8 Å². The third-order valence-corrected chi connectivity index (χ3v) is 3.20. The van der Waals surface area contributed by atoms with Crippen LogP contribution in [0.1, 0.15) is 23.1 Å². The molecule has 0 aliphatic rings. The maximum atomic E-state index is 11.8. The van der Waals surface area contributed by atoms with E-state index in [9.17, 15) is 4.79 Å². The Hall–Kier alpha value is -2.76. The first-order valence-corrected chi connectivity index (χ1v) is 6.66. The first-order valence-electron chi connectivity index (χ1n) is 6.66. The Labute approximate surface area is 121 Å². The summed E-state index contributed by atoms with van der Waals surface area (Å²) in [5, 5.41) is 12.4. The van der Waals surface area contributed by atoms with Gasteiger partial charge in [-0.05, 0) is 19.4 Å². The Morgan fingerprint density at radius 1 is 1.24 bits per heavy atom. The molecule has 3 rings (SSSR count). The number of nitrogens with zero attached hydrogens (tertiary/aromatic N) is 4. The number of fused-ring (bicyclic) bond motifs is 1. The summed E-state index contributed by atoms with van der Waals surface area (Å²) >= 11 is 0. The van der Waals surface area contributed by atoms with Crippen molar-refractivity contribution in [1.29, 1.82) is 0 Å². The van der Waals surface area contributed by atoms with E-state index in [4.69, 9.17) is 4.74 Å². The minimum Gasteiger partial charge on any atom is -0.461 e. The molecule has 0 unspecified atom stereocenters. The molecule has 0 fully saturated rings. The summed E-state index contributed by atoms with van der Waals surface area (Å²) < 4.78 is 6.58.